The van der Waals surface area contributed by atoms with Gasteiger partial charge in [-0.2, -0.15) is 0 Å². The molecule has 24 nitrogen and oxygen atoms in total. The van der Waals surface area contributed by atoms with Crippen LogP contribution in [-0.2, 0) is 81.0 Å². The van der Waals surface area contributed by atoms with Crippen molar-refractivity contribution in [2.24, 2.45) is 5.14 Å². The first-order chi connectivity index (χ1) is 30.5. The van der Waals surface area contributed by atoms with E-state index in [2.05, 4.69) is 20.6 Å². The molecule has 0 spiro atoms. The molecule has 0 fully saturated rings. The SMILES string of the molecule is NS(=O)(=O)c1ccc(CCN(Cc2nccn2CC(=O)NC(CCC(=O)O)(CCC(=O)O)CCC(=O)O)Cc2nccn2CC(=O)NC(CCC(=O)O)(CCC(=O)O)CCC(=O)O)cc1. The summed E-state index contributed by atoms with van der Waals surface area (Å²) in [6.07, 6.45) is 1.82. The fraction of sp³-hybridized carbons (Fsp3) is 0.500. The Bertz CT molecular complexity index is 2070. The third kappa shape index (κ3) is 18.9. The number of sulfonamides is 1. The zero-order chi connectivity index (χ0) is 48.4. The van der Waals surface area contributed by atoms with Gasteiger partial charge in [-0.3, -0.25) is 43.3 Å². The number of carboxylic acids is 6. The number of aliphatic carboxylic acids is 6. The number of aromatic nitrogens is 4. The van der Waals surface area contributed by atoms with Gasteiger partial charge < -0.3 is 50.4 Å². The van der Waals surface area contributed by atoms with Crippen LogP contribution in [0, 0.1) is 0 Å². The Morgan fingerprint density at radius 2 is 0.892 bits per heavy atom. The van der Waals surface area contributed by atoms with Gasteiger partial charge in [-0.15, -0.1) is 0 Å². The molecular formula is C40H54N8O16S. The third-order valence-electron chi connectivity index (χ3n) is 10.6. The van der Waals surface area contributed by atoms with Gasteiger partial charge in [-0.05, 0) is 62.6 Å². The van der Waals surface area contributed by atoms with Crippen LogP contribution in [-0.4, -0.2) is 128 Å². The highest BCUT2D eigenvalue weighted by Crippen LogP contribution is 2.28. The number of hydrogen-bond donors (Lipinski definition) is 9. The minimum Gasteiger partial charge on any atom is -0.481 e. The number of carbonyl (C=O) groups excluding carboxylic acids is 2. The fourth-order valence-electron chi connectivity index (χ4n) is 7.20. The summed E-state index contributed by atoms with van der Waals surface area (Å²) in [5.74, 6) is -8.11. The lowest BCUT2D eigenvalue weighted by atomic mass is 9.83. The van der Waals surface area contributed by atoms with E-state index >= 15 is 0 Å². The molecule has 2 aromatic heterocycles. The lowest BCUT2D eigenvalue weighted by Crippen LogP contribution is -2.50. The van der Waals surface area contributed by atoms with Gasteiger partial charge in [0, 0.05) is 80.9 Å². The van der Waals surface area contributed by atoms with E-state index in [9.17, 15) is 77.4 Å². The van der Waals surface area contributed by atoms with E-state index in [0.29, 0.717) is 23.6 Å². The smallest absolute Gasteiger partial charge is 0.303 e. The molecule has 0 saturated heterocycles. The van der Waals surface area contributed by atoms with Crippen molar-refractivity contribution in [3.8, 4) is 0 Å². The number of carbonyl (C=O) groups is 8. The standard InChI is InChI=1S/C40H54N8O16S/c41-65(63,64)28-3-1-27(2-4-28)11-20-46(23-29-42-18-21-47(29)25-31(49)44-39(12-5-33(51)52,13-6-34(53)54)14-7-35(55)56)24-30-43-19-22-48(30)26-32(50)45-40(15-8-36(57)58,16-9-37(59)60)17-10-38(61)62/h1-4,18-19,21-22H,5-17,20,23-26H2,(H,44,49)(H,45,50)(H,51,52)(H,53,54)(H,55,56)(H,57,58)(H,59,60)(H,61,62)(H2,41,63,64). The Labute approximate surface area is 372 Å². The van der Waals surface area contributed by atoms with Crippen molar-refractivity contribution in [2.45, 2.75) is 126 Å². The first-order valence-electron chi connectivity index (χ1n) is 20.3. The summed E-state index contributed by atoms with van der Waals surface area (Å²) >= 11 is 0. The van der Waals surface area contributed by atoms with Crippen LogP contribution in [0.25, 0.3) is 0 Å². The molecule has 3 rings (SSSR count). The van der Waals surface area contributed by atoms with Gasteiger partial charge >= 0.3 is 35.8 Å². The number of imidazole rings is 2. The second-order valence-corrected chi connectivity index (χ2v) is 17.2. The summed E-state index contributed by atoms with van der Waals surface area (Å²) in [5.41, 5.74) is -2.26. The number of benzene rings is 1. The number of hydrogen-bond acceptors (Lipinski definition) is 13. The molecule has 1 aromatic carbocycles. The molecule has 0 aliphatic heterocycles. The zero-order valence-corrected chi connectivity index (χ0v) is 36.2. The van der Waals surface area contributed by atoms with Crippen LogP contribution >= 0.6 is 0 Å². The molecule has 65 heavy (non-hydrogen) atoms. The normalized spacial score (nSPS) is 11.8. The molecule has 356 valence electrons. The molecule has 0 saturated carbocycles. The van der Waals surface area contributed by atoms with Gasteiger partial charge in [-0.1, -0.05) is 12.1 Å². The summed E-state index contributed by atoms with van der Waals surface area (Å²) in [4.78, 5) is 107. The highest BCUT2D eigenvalue weighted by atomic mass is 32.2. The van der Waals surface area contributed by atoms with E-state index in [1.54, 1.807) is 12.1 Å². The minimum atomic E-state index is -3.97. The van der Waals surface area contributed by atoms with Crippen molar-refractivity contribution in [3.05, 3.63) is 66.3 Å². The van der Waals surface area contributed by atoms with E-state index in [0.717, 1.165) is 0 Å². The molecule has 0 aliphatic rings. The lowest BCUT2D eigenvalue weighted by molar-refractivity contribution is -0.141. The molecular weight excluding hydrogens is 881 g/mol. The predicted octanol–water partition coefficient (Wildman–Crippen LogP) is 0.871. The zero-order valence-electron chi connectivity index (χ0n) is 35.3. The average molecular weight is 935 g/mol. The number of amides is 2. The molecule has 2 amide bonds. The fourth-order valence-corrected chi connectivity index (χ4v) is 7.72. The van der Waals surface area contributed by atoms with Gasteiger partial charge in [0.05, 0.1) is 18.0 Å². The van der Waals surface area contributed by atoms with E-state index < -0.39 is 120 Å². The van der Waals surface area contributed by atoms with E-state index in [1.165, 1.54) is 46.1 Å². The highest BCUT2D eigenvalue weighted by Gasteiger charge is 2.35. The van der Waals surface area contributed by atoms with Gasteiger partial charge in [0.25, 0.3) is 0 Å². The molecule has 0 radical (unpaired) electrons. The maximum atomic E-state index is 13.6. The Hall–Kier alpha value is -6.73. The van der Waals surface area contributed by atoms with E-state index in [1.807, 2.05) is 4.90 Å². The van der Waals surface area contributed by atoms with E-state index in [4.69, 9.17) is 5.14 Å². The molecule has 0 bridgehead atoms. The lowest BCUT2D eigenvalue weighted by Gasteiger charge is -2.34. The average Bonchev–Trinajstić information content (AvgIpc) is 3.85. The summed E-state index contributed by atoms with van der Waals surface area (Å²) in [7, 11) is -3.97. The van der Waals surface area contributed by atoms with Gasteiger partial charge in [-0.25, -0.2) is 23.5 Å². The highest BCUT2D eigenvalue weighted by molar-refractivity contribution is 7.89. The molecule has 3 aromatic rings. The van der Waals surface area contributed by atoms with Crippen LogP contribution in [0.3, 0.4) is 0 Å². The second-order valence-electron chi connectivity index (χ2n) is 15.6. The van der Waals surface area contributed by atoms with Gasteiger partial charge in [0.2, 0.25) is 21.8 Å². The molecule has 10 N–H and O–H groups in total. The minimum absolute atomic E-state index is 0.0272. The Morgan fingerprint density at radius 3 is 1.18 bits per heavy atom. The number of nitrogens with two attached hydrogens (primary N) is 1. The second kappa shape index (κ2) is 24.4. The van der Waals surface area contributed by atoms with E-state index in [-0.39, 0.29) is 63.1 Å². The predicted molar refractivity (Wildman–Crippen MR) is 223 cm³/mol. The summed E-state index contributed by atoms with van der Waals surface area (Å²) in [6, 6.07) is 5.84. The van der Waals surface area contributed by atoms with Crippen molar-refractivity contribution >= 4 is 57.7 Å². The topological polar surface area (TPSA) is 381 Å². The van der Waals surface area contributed by atoms with Gasteiger partial charge in [0.1, 0.15) is 24.7 Å². The van der Waals surface area contributed by atoms with Gasteiger partial charge in [0.15, 0.2) is 0 Å². The van der Waals surface area contributed by atoms with Crippen molar-refractivity contribution < 1.29 is 77.4 Å². The quantitative estimate of drug-likeness (QED) is 0.0419. The van der Waals surface area contributed by atoms with Crippen molar-refractivity contribution in [1.82, 2.24) is 34.6 Å². The van der Waals surface area contributed by atoms with Crippen LogP contribution in [0.5, 0.6) is 0 Å². The van der Waals surface area contributed by atoms with Crippen LogP contribution in [0.15, 0.2) is 53.9 Å². The molecule has 25 heteroatoms. The van der Waals surface area contributed by atoms with Crippen LogP contribution in [0.2, 0.25) is 0 Å². The molecule has 2 heterocycles. The van der Waals surface area contributed by atoms with Crippen LogP contribution in [0.4, 0.5) is 0 Å². The number of carboxylic acid groups (broad SMARTS) is 6. The monoisotopic (exact) mass is 934 g/mol. The molecule has 0 unspecified atom stereocenters. The largest absolute Gasteiger partial charge is 0.481 e. The Morgan fingerprint density at radius 1 is 0.569 bits per heavy atom. The summed E-state index contributed by atoms with van der Waals surface area (Å²) in [5, 5.41) is 67.0. The maximum Gasteiger partial charge on any atom is 0.303 e. The Kier molecular flexibility index (Phi) is 19.7. The number of nitrogens with zero attached hydrogens (tertiary/aromatic N) is 5. The summed E-state index contributed by atoms with van der Waals surface area (Å²) < 4.78 is 26.6. The number of rotatable bonds is 32. The van der Waals surface area contributed by atoms with Crippen LogP contribution in [0.1, 0.15) is 94.3 Å². The van der Waals surface area contributed by atoms with Crippen molar-refractivity contribution in [2.75, 3.05) is 6.54 Å². The Balaban J connectivity index is 1.93. The third-order valence-corrected chi connectivity index (χ3v) is 11.6. The van der Waals surface area contributed by atoms with Crippen LogP contribution < -0.4 is 15.8 Å². The first kappa shape index (κ1) is 52.6. The summed E-state index contributed by atoms with van der Waals surface area (Å²) in [6.45, 7) is -0.484. The molecule has 0 aliphatic carbocycles. The number of nitrogens with one attached hydrogen (secondary N) is 2. The van der Waals surface area contributed by atoms with Crippen molar-refractivity contribution in [3.63, 3.8) is 0 Å². The number of primary sulfonamides is 1. The maximum absolute atomic E-state index is 13.6. The first-order valence-corrected chi connectivity index (χ1v) is 21.8. The van der Waals surface area contributed by atoms with Crippen molar-refractivity contribution in [1.29, 1.82) is 0 Å². The molecule has 0 atom stereocenters.